The third kappa shape index (κ3) is 1.94. The van der Waals surface area contributed by atoms with Crippen molar-refractivity contribution in [3.8, 4) is 0 Å². The van der Waals surface area contributed by atoms with Crippen molar-refractivity contribution in [1.82, 2.24) is 9.55 Å². The molecule has 2 saturated heterocycles. The number of ether oxygens (including phenoxy) is 1. The number of aromatic nitrogens is 2. The maximum Gasteiger partial charge on any atom is 0.330 e. The van der Waals surface area contributed by atoms with E-state index in [4.69, 9.17) is 14.5 Å². The minimum absolute atomic E-state index is 0.142. The summed E-state index contributed by atoms with van der Waals surface area (Å²) in [5.41, 5.74) is -0.856. The predicted molar refractivity (Wildman–Crippen MR) is 63.4 cm³/mol. The molecule has 2 aliphatic rings. The van der Waals surface area contributed by atoms with Crippen LogP contribution < -0.4 is 11.2 Å². The number of fused-ring (bicyclic) bond motifs is 1. The molecule has 0 amide bonds. The summed E-state index contributed by atoms with van der Waals surface area (Å²) in [5.74, 6) is 0. The molecule has 17 heavy (non-hydrogen) atoms. The van der Waals surface area contributed by atoms with Crippen LogP contribution in [0.1, 0.15) is 12.6 Å². The van der Waals surface area contributed by atoms with E-state index in [9.17, 15) is 9.59 Å². The Morgan fingerprint density at radius 3 is 3.00 bits per heavy atom. The Balaban J connectivity index is 1.93. The standard InChI is InChI=1S/C9H9IN2O5/c10-4-2-12(9(14)11-8(4)13)7-1-5-6(16-7)3-15-17-5/h2,5-7H,1,3H2,(H,11,13,14). The summed E-state index contributed by atoms with van der Waals surface area (Å²) >= 11 is 1.87. The molecule has 92 valence electrons. The Hall–Kier alpha value is -0.710. The van der Waals surface area contributed by atoms with Crippen LogP contribution in [0, 0.1) is 3.57 Å². The van der Waals surface area contributed by atoms with E-state index in [0.29, 0.717) is 16.6 Å². The van der Waals surface area contributed by atoms with Crippen LogP contribution in [0.3, 0.4) is 0 Å². The Bertz CT molecular complexity index is 541. The van der Waals surface area contributed by atoms with E-state index in [1.807, 2.05) is 22.6 Å². The van der Waals surface area contributed by atoms with Crippen LogP contribution in [-0.2, 0) is 14.5 Å². The van der Waals surface area contributed by atoms with Gasteiger partial charge in [0.2, 0.25) is 0 Å². The minimum Gasteiger partial charge on any atom is -0.349 e. The number of H-pyrrole nitrogens is 1. The van der Waals surface area contributed by atoms with Gasteiger partial charge in [0.05, 0.1) is 3.57 Å². The van der Waals surface area contributed by atoms with E-state index in [0.717, 1.165) is 0 Å². The van der Waals surface area contributed by atoms with Crippen molar-refractivity contribution < 1.29 is 14.5 Å². The largest absolute Gasteiger partial charge is 0.349 e. The molecule has 3 heterocycles. The molecule has 0 aliphatic carbocycles. The van der Waals surface area contributed by atoms with Crippen molar-refractivity contribution in [2.45, 2.75) is 24.9 Å². The molecule has 0 bridgehead atoms. The summed E-state index contributed by atoms with van der Waals surface area (Å²) in [7, 11) is 0. The van der Waals surface area contributed by atoms with Gasteiger partial charge in [-0.25, -0.2) is 14.6 Å². The number of halogens is 1. The third-order valence-corrected chi connectivity index (χ3v) is 3.61. The minimum atomic E-state index is -0.471. The molecule has 0 aromatic carbocycles. The Morgan fingerprint density at radius 1 is 1.41 bits per heavy atom. The molecule has 0 radical (unpaired) electrons. The molecule has 7 nitrogen and oxygen atoms in total. The molecule has 0 spiro atoms. The fraction of sp³-hybridized carbons (Fsp3) is 0.556. The highest BCUT2D eigenvalue weighted by Gasteiger charge is 2.42. The Kier molecular flexibility index (Phi) is 2.81. The van der Waals surface area contributed by atoms with E-state index in [1.165, 1.54) is 10.8 Å². The maximum absolute atomic E-state index is 11.7. The number of nitrogens with one attached hydrogen (secondary N) is 1. The summed E-state index contributed by atoms with van der Waals surface area (Å²) in [6.45, 7) is 0.371. The van der Waals surface area contributed by atoms with E-state index in [1.54, 1.807) is 0 Å². The van der Waals surface area contributed by atoms with Crippen LogP contribution in [0.25, 0.3) is 0 Å². The molecule has 1 aromatic rings. The van der Waals surface area contributed by atoms with Crippen molar-refractivity contribution in [2.75, 3.05) is 6.61 Å². The maximum atomic E-state index is 11.7. The van der Waals surface area contributed by atoms with Crippen molar-refractivity contribution in [3.63, 3.8) is 0 Å². The lowest BCUT2D eigenvalue weighted by molar-refractivity contribution is -0.276. The van der Waals surface area contributed by atoms with Gasteiger partial charge in [-0.1, -0.05) is 0 Å². The van der Waals surface area contributed by atoms with Gasteiger partial charge in [-0.05, 0) is 22.6 Å². The first kappa shape index (κ1) is 11.4. The highest BCUT2D eigenvalue weighted by molar-refractivity contribution is 14.1. The average molecular weight is 352 g/mol. The number of hydrogen-bond acceptors (Lipinski definition) is 5. The zero-order chi connectivity index (χ0) is 12.0. The van der Waals surface area contributed by atoms with Gasteiger partial charge in [0, 0.05) is 12.6 Å². The van der Waals surface area contributed by atoms with E-state index < -0.39 is 11.9 Å². The molecule has 3 atom stereocenters. The van der Waals surface area contributed by atoms with Crippen LogP contribution in [0.2, 0.25) is 0 Å². The van der Waals surface area contributed by atoms with E-state index >= 15 is 0 Å². The summed E-state index contributed by atoms with van der Waals surface area (Å²) in [6, 6.07) is 0. The number of rotatable bonds is 1. The second-order valence-electron chi connectivity index (χ2n) is 3.93. The lowest BCUT2D eigenvalue weighted by Crippen LogP contribution is -2.33. The smallest absolute Gasteiger partial charge is 0.330 e. The molecule has 2 fully saturated rings. The van der Waals surface area contributed by atoms with Crippen LogP contribution in [0.4, 0.5) is 0 Å². The van der Waals surface area contributed by atoms with Crippen LogP contribution >= 0.6 is 22.6 Å². The van der Waals surface area contributed by atoms with Gasteiger partial charge in [-0.3, -0.25) is 14.3 Å². The van der Waals surface area contributed by atoms with Crippen LogP contribution in [0.5, 0.6) is 0 Å². The Labute approximate surface area is 109 Å². The first-order chi connectivity index (χ1) is 8.15. The lowest BCUT2D eigenvalue weighted by Gasteiger charge is -2.14. The number of hydrogen-bond donors (Lipinski definition) is 1. The SMILES string of the molecule is O=c1[nH]c(=O)n(C2CC3OOCC3O2)cc1I. The van der Waals surface area contributed by atoms with Gasteiger partial charge in [-0.15, -0.1) is 0 Å². The molecule has 3 rings (SSSR count). The second-order valence-corrected chi connectivity index (χ2v) is 5.09. The van der Waals surface area contributed by atoms with Crippen molar-refractivity contribution in [2.24, 2.45) is 0 Å². The van der Waals surface area contributed by atoms with E-state index in [2.05, 4.69) is 4.98 Å². The number of aromatic amines is 1. The highest BCUT2D eigenvalue weighted by atomic mass is 127. The molecular weight excluding hydrogens is 343 g/mol. The monoisotopic (exact) mass is 352 g/mol. The second kappa shape index (κ2) is 4.19. The fourth-order valence-corrected chi connectivity index (χ4v) is 2.43. The Morgan fingerprint density at radius 2 is 2.24 bits per heavy atom. The van der Waals surface area contributed by atoms with Crippen LogP contribution in [-0.4, -0.2) is 28.4 Å². The van der Waals surface area contributed by atoms with Gasteiger partial charge in [0.1, 0.15) is 25.0 Å². The van der Waals surface area contributed by atoms with Gasteiger partial charge in [0.15, 0.2) is 0 Å². The van der Waals surface area contributed by atoms with Crippen molar-refractivity contribution >= 4 is 22.6 Å². The third-order valence-electron chi connectivity index (χ3n) is 2.84. The first-order valence-electron chi connectivity index (χ1n) is 5.10. The summed E-state index contributed by atoms with van der Waals surface area (Å²) in [6.07, 6.45) is 1.33. The van der Waals surface area contributed by atoms with Crippen molar-refractivity contribution in [3.05, 3.63) is 30.6 Å². The van der Waals surface area contributed by atoms with Gasteiger partial charge >= 0.3 is 5.69 Å². The highest BCUT2D eigenvalue weighted by Crippen LogP contribution is 2.33. The first-order valence-corrected chi connectivity index (χ1v) is 6.18. The van der Waals surface area contributed by atoms with Gasteiger partial charge < -0.3 is 4.74 Å². The molecule has 1 N–H and O–H groups in total. The topological polar surface area (TPSA) is 82.6 Å². The van der Waals surface area contributed by atoms with Gasteiger partial charge in [0.25, 0.3) is 5.56 Å². The molecule has 8 heteroatoms. The zero-order valence-electron chi connectivity index (χ0n) is 8.59. The molecule has 0 saturated carbocycles. The average Bonchev–Trinajstić information content (AvgIpc) is 2.83. The molecular formula is C9H9IN2O5. The summed E-state index contributed by atoms with van der Waals surface area (Å²) in [4.78, 5) is 34.9. The number of nitrogens with zero attached hydrogens (tertiary/aromatic N) is 1. The van der Waals surface area contributed by atoms with Crippen LogP contribution in [0.15, 0.2) is 15.8 Å². The van der Waals surface area contributed by atoms with E-state index in [-0.39, 0.29) is 17.8 Å². The summed E-state index contributed by atoms with van der Waals surface area (Å²) in [5, 5.41) is 0. The molecule has 3 unspecified atom stereocenters. The fourth-order valence-electron chi connectivity index (χ4n) is 1.99. The molecule has 1 aromatic heterocycles. The molecule has 2 aliphatic heterocycles. The lowest BCUT2D eigenvalue weighted by atomic mass is 10.2. The normalized spacial score (nSPS) is 31.7. The van der Waals surface area contributed by atoms with Gasteiger partial charge in [-0.2, -0.15) is 0 Å². The van der Waals surface area contributed by atoms with Crippen molar-refractivity contribution in [1.29, 1.82) is 0 Å². The predicted octanol–water partition coefficient (Wildman–Crippen LogP) is -0.241. The summed E-state index contributed by atoms with van der Waals surface area (Å²) < 4.78 is 7.46. The zero-order valence-corrected chi connectivity index (χ0v) is 10.7. The quantitative estimate of drug-likeness (QED) is 0.557.